The highest BCUT2D eigenvalue weighted by atomic mass is 19.3. The number of nitrogens with one attached hydrogen (secondary N) is 1. The Kier molecular flexibility index (Phi) is 4.04. The molecule has 0 aromatic heterocycles. The Morgan fingerprint density at radius 2 is 2.04 bits per heavy atom. The van der Waals surface area contributed by atoms with Gasteiger partial charge in [-0.2, -0.15) is 0 Å². The molecule has 2 heterocycles. The van der Waals surface area contributed by atoms with Crippen LogP contribution in [0.25, 0.3) is 0 Å². The molecule has 1 aromatic rings. The number of hydrogen-bond donors (Lipinski definition) is 1. The highest BCUT2D eigenvalue weighted by Crippen LogP contribution is 2.33. The lowest BCUT2D eigenvalue weighted by Gasteiger charge is -2.34. The molecular formula is C16H17F3N2O2. The van der Waals surface area contributed by atoms with Gasteiger partial charge in [0.25, 0.3) is 5.92 Å². The fourth-order valence-electron chi connectivity index (χ4n) is 3.18. The molecule has 2 saturated heterocycles. The first-order valence-corrected chi connectivity index (χ1v) is 7.62. The lowest BCUT2D eigenvalue weighted by Crippen LogP contribution is -2.43. The van der Waals surface area contributed by atoms with Crippen LogP contribution in [0.4, 0.5) is 18.9 Å². The van der Waals surface area contributed by atoms with Crippen molar-refractivity contribution in [2.24, 2.45) is 0 Å². The summed E-state index contributed by atoms with van der Waals surface area (Å²) in [5, 5.41) is 2.23. The van der Waals surface area contributed by atoms with Crippen LogP contribution in [0.15, 0.2) is 18.2 Å². The Balaban J connectivity index is 1.81. The molecule has 0 bridgehead atoms. The van der Waals surface area contributed by atoms with Crippen molar-refractivity contribution < 1.29 is 22.8 Å². The average Bonchev–Trinajstić information content (AvgIpc) is 2.46. The third kappa shape index (κ3) is 3.33. The maximum absolute atomic E-state index is 14.4. The van der Waals surface area contributed by atoms with E-state index in [9.17, 15) is 22.8 Å². The van der Waals surface area contributed by atoms with Crippen molar-refractivity contribution in [1.82, 2.24) is 5.32 Å². The van der Waals surface area contributed by atoms with Crippen LogP contribution in [0, 0.1) is 5.82 Å². The van der Waals surface area contributed by atoms with Gasteiger partial charge in [0.05, 0.1) is 18.2 Å². The third-order valence-corrected chi connectivity index (χ3v) is 4.35. The average molecular weight is 326 g/mol. The van der Waals surface area contributed by atoms with Crippen LogP contribution in [0.1, 0.15) is 37.2 Å². The number of rotatable bonds is 2. The van der Waals surface area contributed by atoms with Crippen LogP contribution in [0.5, 0.6) is 0 Å². The summed E-state index contributed by atoms with van der Waals surface area (Å²) in [6.07, 6.45) is 0.657. The van der Waals surface area contributed by atoms with Crippen molar-refractivity contribution in [3.63, 3.8) is 0 Å². The summed E-state index contributed by atoms with van der Waals surface area (Å²) in [5.41, 5.74) is 0.584. The van der Waals surface area contributed by atoms with Gasteiger partial charge in [-0.1, -0.05) is 6.07 Å². The van der Waals surface area contributed by atoms with Crippen LogP contribution in [0.2, 0.25) is 0 Å². The smallest absolute Gasteiger partial charge is 0.265 e. The molecule has 2 fully saturated rings. The number of halogens is 3. The number of hydrogen-bond acceptors (Lipinski definition) is 3. The summed E-state index contributed by atoms with van der Waals surface area (Å²) in [6.45, 7) is -0.119. The zero-order valence-corrected chi connectivity index (χ0v) is 12.4. The molecule has 7 heteroatoms. The molecule has 0 spiro atoms. The summed E-state index contributed by atoms with van der Waals surface area (Å²) >= 11 is 0. The number of carbonyl (C=O) groups is 2. The Morgan fingerprint density at radius 1 is 1.26 bits per heavy atom. The highest BCUT2D eigenvalue weighted by Gasteiger charge is 2.36. The number of benzene rings is 1. The zero-order chi connectivity index (χ0) is 16.6. The molecule has 2 aliphatic rings. The van der Waals surface area contributed by atoms with E-state index in [2.05, 4.69) is 5.32 Å². The monoisotopic (exact) mass is 326 g/mol. The number of nitrogens with zero attached hydrogens (tertiary/aromatic N) is 1. The fourth-order valence-corrected chi connectivity index (χ4v) is 3.18. The minimum atomic E-state index is -2.81. The molecule has 1 N–H and O–H groups in total. The van der Waals surface area contributed by atoms with E-state index in [-0.39, 0.29) is 24.4 Å². The van der Waals surface area contributed by atoms with Crippen molar-refractivity contribution >= 4 is 17.5 Å². The van der Waals surface area contributed by atoms with E-state index in [0.29, 0.717) is 24.9 Å². The van der Waals surface area contributed by atoms with Crippen molar-refractivity contribution in [3.05, 3.63) is 29.6 Å². The largest absolute Gasteiger partial charge is 0.363 e. The molecule has 4 nitrogen and oxygen atoms in total. The molecular weight excluding hydrogens is 309 g/mol. The van der Waals surface area contributed by atoms with Gasteiger partial charge in [-0.05, 0) is 30.5 Å². The molecule has 1 unspecified atom stereocenters. The van der Waals surface area contributed by atoms with E-state index in [4.69, 9.17) is 0 Å². The predicted molar refractivity (Wildman–Crippen MR) is 77.9 cm³/mol. The topological polar surface area (TPSA) is 49.4 Å². The molecule has 0 saturated carbocycles. The van der Waals surface area contributed by atoms with Gasteiger partial charge in [-0.15, -0.1) is 0 Å². The van der Waals surface area contributed by atoms with Crippen LogP contribution >= 0.6 is 0 Å². The van der Waals surface area contributed by atoms with Crippen molar-refractivity contribution in [2.75, 3.05) is 18.0 Å². The standard InChI is InChI=1S/C16H17F3N2O2/c17-12-8-10(11-3-5-14(22)20-15(11)23)2-4-13(12)21-7-1-6-16(18,19)9-21/h2,4,8,11H,1,3,5-7,9H2,(H,20,22,23). The second kappa shape index (κ2) is 5.86. The Bertz CT molecular complexity index is 648. The van der Waals surface area contributed by atoms with Crippen LogP contribution < -0.4 is 10.2 Å². The number of piperidine rings is 2. The van der Waals surface area contributed by atoms with Gasteiger partial charge in [0.2, 0.25) is 11.8 Å². The first-order chi connectivity index (χ1) is 10.9. The lowest BCUT2D eigenvalue weighted by atomic mass is 9.90. The normalized spacial score (nSPS) is 24.5. The maximum Gasteiger partial charge on any atom is 0.265 e. The van der Waals surface area contributed by atoms with Gasteiger partial charge in [-0.3, -0.25) is 14.9 Å². The summed E-state index contributed by atoms with van der Waals surface area (Å²) in [7, 11) is 0. The van der Waals surface area contributed by atoms with Crippen molar-refractivity contribution in [1.29, 1.82) is 0 Å². The number of alkyl halides is 2. The quantitative estimate of drug-likeness (QED) is 0.850. The summed E-state index contributed by atoms with van der Waals surface area (Å²) in [4.78, 5) is 24.3. The minimum Gasteiger partial charge on any atom is -0.363 e. The molecule has 2 amide bonds. The van der Waals surface area contributed by atoms with Crippen LogP contribution in [0.3, 0.4) is 0 Å². The second-order valence-corrected chi connectivity index (χ2v) is 6.10. The van der Waals surface area contributed by atoms with Gasteiger partial charge in [0.1, 0.15) is 5.82 Å². The van der Waals surface area contributed by atoms with Crippen LogP contribution in [-0.4, -0.2) is 30.8 Å². The molecule has 23 heavy (non-hydrogen) atoms. The Morgan fingerprint density at radius 3 is 2.70 bits per heavy atom. The first-order valence-electron chi connectivity index (χ1n) is 7.62. The molecule has 1 aromatic carbocycles. The van der Waals surface area contributed by atoms with E-state index < -0.39 is 30.1 Å². The van der Waals surface area contributed by atoms with E-state index >= 15 is 0 Å². The predicted octanol–water partition coefficient (Wildman–Crippen LogP) is 2.58. The second-order valence-electron chi connectivity index (χ2n) is 6.10. The summed E-state index contributed by atoms with van der Waals surface area (Å²) < 4.78 is 41.3. The maximum atomic E-state index is 14.4. The number of carbonyl (C=O) groups excluding carboxylic acids is 2. The molecule has 0 radical (unpaired) electrons. The summed E-state index contributed by atoms with van der Waals surface area (Å²) in [6, 6.07) is 4.23. The van der Waals surface area contributed by atoms with Gasteiger partial charge < -0.3 is 4.90 Å². The van der Waals surface area contributed by atoms with Gasteiger partial charge >= 0.3 is 0 Å². The van der Waals surface area contributed by atoms with Gasteiger partial charge in [-0.25, -0.2) is 13.2 Å². The van der Waals surface area contributed by atoms with Gasteiger partial charge in [0, 0.05) is 19.4 Å². The zero-order valence-electron chi connectivity index (χ0n) is 12.4. The molecule has 3 rings (SSSR count). The molecule has 124 valence electrons. The van der Waals surface area contributed by atoms with Crippen molar-refractivity contribution in [3.8, 4) is 0 Å². The number of anilines is 1. The molecule has 0 aliphatic carbocycles. The molecule has 2 aliphatic heterocycles. The fraction of sp³-hybridized carbons (Fsp3) is 0.500. The first kappa shape index (κ1) is 15.8. The van der Waals surface area contributed by atoms with Crippen molar-refractivity contribution in [2.45, 2.75) is 37.5 Å². The van der Waals surface area contributed by atoms with E-state index in [1.165, 1.54) is 17.0 Å². The summed E-state index contributed by atoms with van der Waals surface area (Å²) in [5.74, 6) is -4.80. The van der Waals surface area contributed by atoms with E-state index in [1.54, 1.807) is 6.07 Å². The number of amides is 2. The van der Waals surface area contributed by atoms with Crippen LogP contribution in [-0.2, 0) is 9.59 Å². The minimum absolute atomic E-state index is 0.125. The SMILES string of the molecule is O=C1CCC(c2ccc(N3CCCC(F)(F)C3)c(F)c2)C(=O)N1. The van der Waals surface area contributed by atoms with E-state index in [1.807, 2.05) is 0 Å². The molecule has 1 atom stereocenters. The highest BCUT2D eigenvalue weighted by molar-refractivity contribution is 6.00. The number of imide groups is 1. The van der Waals surface area contributed by atoms with Gasteiger partial charge in [0.15, 0.2) is 0 Å². The Labute approximate surface area is 131 Å². The Hall–Kier alpha value is -2.05. The lowest BCUT2D eigenvalue weighted by molar-refractivity contribution is -0.134. The van der Waals surface area contributed by atoms with E-state index in [0.717, 1.165) is 0 Å². The third-order valence-electron chi connectivity index (χ3n) is 4.35.